The molecule has 3 heteroatoms. The average Bonchev–Trinajstić information content (AvgIpc) is 2.66. The Kier molecular flexibility index (Phi) is 2.86. The van der Waals surface area contributed by atoms with Gasteiger partial charge in [-0.3, -0.25) is 9.88 Å². The zero-order valence-electron chi connectivity index (χ0n) is 12.6. The predicted octanol–water partition coefficient (Wildman–Crippen LogP) is 4.46. The largest absolute Gasteiger partial charge is 0.284 e. The Labute approximate surface area is 136 Å². The normalized spacial score (nSPS) is 26.0. The molecule has 3 aliphatic rings. The SMILES string of the molecule is Clc1ccc2c(c1)CCc1c3ccnc1C2N1CCCCC31. The summed E-state index contributed by atoms with van der Waals surface area (Å²) in [6.45, 7) is 1.18. The maximum atomic E-state index is 6.25. The van der Waals surface area contributed by atoms with Crippen molar-refractivity contribution in [2.75, 3.05) is 6.54 Å². The van der Waals surface area contributed by atoms with E-state index < -0.39 is 0 Å². The van der Waals surface area contributed by atoms with E-state index in [2.05, 4.69) is 23.1 Å². The van der Waals surface area contributed by atoms with Crippen LogP contribution < -0.4 is 0 Å². The predicted molar refractivity (Wildman–Crippen MR) is 88.2 cm³/mol. The number of fused-ring (bicyclic) bond motifs is 5. The first-order valence-corrected chi connectivity index (χ1v) is 8.72. The minimum absolute atomic E-state index is 0.337. The van der Waals surface area contributed by atoms with Gasteiger partial charge >= 0.3 is 0 Å². The summed E-state index contributed by atoms with van der Waals surface area (Å²) in [5.74, 6) is 0. The van der Waals surface area contributed by atoms with Gasteiger partial charge in [-0.1, -0.05) is 24.1 Å². The van der Waals surface area contributed by atoms with E-state index in [0.29, 0.717) is 12.1 Å². The first-order valence-electron chi connectivity index (χ1n) is 8.34. The summed E-state index contributed by atoms with van der Waals surface area (Å²) in [5.41, 5.74) is 7.20. The molecule has 1 aromatic carbocycles. The Morgan fingerprint density at radius 3 is 3.00 bits per heavy atom. The number of piperidine rings is 1. The summed E-state index contributed by atoms with van der Waals surface area (Å²) in [5, 5.41) is 0.853. The molecular formula is C19H19ClN2. The van der Waals surface area contributed by atoms with Crippen molar-refractivity contribution in [2.45, 2.75) is 44.2 Å². The topological polar surface area (TPSA) is 16.1 Å². The van der Waals surface area contributed by atoms with E-state index in [1.165, 1.54) is 48.2 Å². The molecule has 22 heavy (non-hydrogen) atoms. The van der Waals surface area contributed by atoms with Gasteiger partial charge in [-0.2, -0.15) is 0 Å². The number of benzene rings is 1. The van der Waals surface area contributed by atoms with Crippen molar-refractivity contribution in [2.24, 2.45) is 0 Å². The van der Waals surface area contributed by atoms with Crippen LogP contribution in [0.15, 0.2) is 30.5 Å². The van der Waals surface area contributed by atoms with Crippen LogP contribution in [0.2, 0.25) is 5.02 Å². The molecule has 112 valence electrons. The molecule has 2 unspecified atom stereocenters. The van der Waals surface area contributed by atoms with E-state index in [-0.39, 0.29) is 0 Å². The van der Waals surface area contributed by atoms with E-state index >= 15 is 0 Å². The third-order valence-corrected chi connectivity index (χ3v) is 5.90. The quantitative estimate of drug-likeness (QED) is 0.714. The molecule has 1 fully saturated rings. The molecule has 2 aromatic rings. The van der Waals surface area contributed by atoms with Crippen molar-refractivity contribution in [3.63, 3.8) is 0 Å². The number of nitrogens with zero attached hydrogens (tertiary/aromatic N) is 2. The molecule has 0 saturated carbocycles. The van der Waals surface area contributed by atoms with Gasteiger partial charge < -0.3 is 0 Å². The lowest BCUT2D eigenvalue weighted by Gasteiger charge is -2.46. The van der Waals surface area contributed by atoms with Crippen molar-refractivity contribution in [1.82, 2.24) is 9.88 Å². The second-order valence-electron chi connectivity index (χ2n) is 6.76. The first kappa shape index (κ1) is 13.1. The lowest BCUT2D eigenvalue weighted by molar-refractivity contribution is 0.102. The van der Waals surface area contributed by atoms with Gasteiger partial charge in [0, 0.05) is 17.3 Å². The molecule has 4 bridgehead atoms. The van der Waals surface area contributed by atoms with Gasteiger partial charge in [-0.05, 0) is 72.7 Å². The second-order valence-corrected chi connectivity index (χ2v) is 7.20. The minimum atomic E-state index is 0.337. The number of hydrogen-bond acceptors (Lipinski definition) is 2. The Morgan fingerprint density at radius 2 is 2.05 bits per heavy atom. The molecule has 2 aliphatic heterocycles. The van der Waals surface area contributed by atoms with Crippen LogP contribution in [-0.4, -0.2) is 16.4 Å². The molecule has 0 spiro atoms. The van der Waals surface area contributed by atoms with Gasteiger partial charge in [-0.15, -0.1) is 0 Å². The van der Waals surface area contributed by atoms with E-state index in [0.717, 1.165) is 17.9 Å². The molecule has 3 heterocycles. The smallest absolute Gasteiger partial charge is 0.0787 e. The monoisotopic (exact) mass is 310 g/mol. The summed E-state index contributed by atoms with van der Waals surface area (Å²) < 4.78 is 0. The van der Waals surface area contributed by atoms with Crippen molar-refractivity contribution >= 4 is 11.6 Å². The summed E-state index contributed by atoms with van der Waals surface area (Å²) in [4.78, 5) is 7.51. The molecule has 2 nitrogen and oxygen atoms in total. The van der Waals surface area contributed by atoms with Crippen LogP contribution in [0.3, 0.4) is 0 Å². The number of aryl methyl sites for hydroxylation is 1. The fourth-order valence-electron chi connectivity index (χ4n) is 4.74. The van der Waals surface area contributed by atoms with E-state index in [9.17, 15) is 0 Å². The lowest BCUT2D eigenvalue weighted by atomic mass is 9.82. The van der Waals surface area contributed by atoms with Gasteiger partial charge in [0.2, 0.25) is 0 Å². The van der Waals surface area contributed by atoms with Crippen LogP contribution in [0, 0.1) is 0 Å². The van der Waals surface area contributed by atoms with E-state index in [1.54, 1.807) is 5.56 Å². The molecule has 0 radical (unpaired) electrons. The molecule has 1 saturated heterocycles. The van der Waals surface area contributed by atoms with Gasteiger partial charge in [0.05, 0.1) is 11.7 Å². The Balaban J connectivity index is 1.78. The van der Waals surface area contributed by atoms with Gasteiger partial charge in [0.1, 0.15) is 0 Å². The van der Waals surface area contributed by atoms with Crippen LogP contribution in [0.4, 0.5) is 0 Å². The number of aromatic nitrogens is 1. The molecule has 2 atom stereocenters. The summed E-state index contributed by atoms with van der Waals surface area (Å²) in [6.07, 6.45) is 8.14. The van der Waals surface area contributed by atoms with Crippen LogP contribution in [0.1, 0.15) is 59.3 Å². The molecule has 0 N–H and O–H groups in total. The van der Waals surface area contributed by atoms with Crippen LogP contribution >= 0.6 is 11.6 Å². The highest BCUT2D eigenvalue weighted by atomic mass is 35.5. The lowest BCUT2D eigenvalue weighted by Crippen LogP contribution is -2.41. The van der Waals surface area contributed by atoms with E-state index in [4.69, 9.17) is 16.6 Å². The molecular weight excluding hydrogens is 292 g/mol. The molecule has 0 amide bonds. The third kappa shape index (κ3) is 1.74. The highest BCUT2D eigenvalue weighted by Crippen LogP contribution is 2.49. The Morgan fingerprint density at radius 1 is 1.09 bits per heavy atom. The van der Waals surface area contributed by atoms with Gasteiger partial charge in [0.25, 0.3) is 0 Å². The van der Waals surface area contributed by atoms with Crippen LogP contribution in [-0.2, 0) is 12.8 Å². The summed E-state index contributed by atoms with van der Waals surface area (Å²) in [6, 6.07) is 9.64. The van der Waals surface area contributed by atoms with E-state index in [1.807, 2.05) is 12.3 Å². The number of hydrogen-bond donors (Lipinski definition) is 0. The highest BCUT2D eigenvalue weighted by Gasteiger charge is 2.41. The maximum Gasteiger partial charge on any atom is 0.0787 e. The Hall–Kier alpha value is -1.38. The fraction of sp³-hybridized carbons (Fsp3) is 0.421. The molecule has 1 aliphatic carbocycles. The molecule has 5 rings (SSSR count). The van der Waals surface area contributed by atoms with Gasteiger partial charge in [0.15, 0.2) is 0 Å². The molecule has 1 aromatic heterocycles. The minimum Gasteiger partial charge on any atom is -0.284 e. The standard InChI is InChI=1S/C19H19ClN2/c20-13-5-7-14-12(11-13)4-6-16-15-8-9-21-18(16)19(14)22-10-2-1-3-17(15)22/h5,7-9,11,17,19H,1-4,6,10H2. The zero-order valence-corrected chi connectivity index (χ0v) is 13.3. The van der Waals surface area contributed by atoms with Gasteiger partial charge in [-0.25, -0.2) is 0 Å². The van der Waals surface area contributed by atoms with Crippen molar-refractivity contribution in [3.8, 4) is 0 Å². The van der Waals surface area contributed by atoms with Crippen LogP contribution in [0.25, 0.3) is 0 Å². The third-order valence-electron chi connectivity index (χ3n) is 5.66. The summed E-state index contributed by atoms with van der Waals surface area (Å²) in [7, 11) is 0. The maximum absolute atomic E-state index is 6.25. The number of rotatable bonds is 0. The fourth-order valence-corrected chi connectivity index (χ4v) is 4.94. The zero-order chi connectivity index (χ0) is 14.7. The highest BCUT2D eigenvalue weighted by molar-refractivity contribution is 6.30. The Bertz CT molecular complexity index is 755. The second kappa shape index (κ2) is 4.81. The van der Waals surface area contributed by atoms with Crippen molar-refractivity contribution in [3.05, 3.63) is 63.4 Å². The average molecular weight is 311 g/mol. The number of halogens is 1. The first-order chi connectivity index (χ1) is 10.8. The summed E-state index contributed by atoms with van der Waals surface area (Å²) >= 11 is 6.25. The van der Waals surface area contributed by atoms with Crippen molar-refractivity contribution in [1.29, 1.82) is 0 Å². The van der Waals surface area contributed by atoms with Crippen molar-refractivity contribution < 1.29 is 0 Å². The van der Waals surface area contributed by atoms with Crippen LogP contribution in [0.5, 0.6) is 0 Å². The number of pyridine rings is 1.